The summed E-state index contributed by atoms with van der Waals surface area (Å²) in [5, 5.41) is 0. The molecule has 0 unspecified atom stereocenters. The van der Waals surface area contributed by atoms with Crippen molar-refractivity contribution >= 4 is 67.8 Å². The molecule has 0 aliphatic heterocycles. The molecular weight excluding hydrogens is 534 g/mol. The number of aromatic nitrogens is 3. The van der Waals surface area contributed by atoms with Gasteiger partial charge in [-0.3, -0.25) is 0 Å². The number of hydrogen-bond acceptors (Lipinski definition) is 9. The van der Waals surface area contributed by atoms with Crippen LogP contribution in [0.1, 0.15) is 0 Å². The minimum absolute atomic E-state index is 0.350. The van der Waals surface area contributed by atoms with Crippen LogP contribution in [0.25, 0.3) is 67.8 Å². The molecule has 4 aromatic heterocycles. The maximum atomic E-state index is 6.00. The molecule has 7 rings (SSSR count). The van der Waals surface area contributed by atoms with Gasteiger partial charge in [-0.15, -0.1) is 0 Å². The smallest absolute Gasteiger partial charge is 0.222 e. The molecule has 0 saturated heterocycles. The van der Waals surface area contributed by atoms with E-state index in [-0.39, 0.29) is 0 Å². The Morgan fingerprint density at radius 1 is 0.262 bits per heavy atom. The molecule has 0 aliphatic carbocycles. The molecular formula is C33H21N3O6. The summed E-state index contributed by atoms with van der Waals surface area (Å²) < 4.78 is 36.0. The number of fused-ring (bicyclic) bond motifs is 12. The van der Waals surface area contributed by atoms with E-state index in [2.05, 4.69) is 15.0 Å². The quantitative estimate of drug-likeness (QED) is 0.180. The van der Waals surface area contributed by atoms with Gasteiger partial charge in [0.2, 0.25) is 34.3 Å². The molecule has 12 bridgehead atoms. The normalized spacial score (nSPS) is 10.9. The molecule has 3 aromatic carbocycles. The number of nitrogens with zero attached hydrogens (tertiary/aromatic N) is 3. The van der Waals surface area contributed by atoms with E-state index in [1.165, 1.54) is 0 Å². The van der Waals surface area contributed by atoms with Crippen molar-refractivity contribution in [1.29, 1.82) is 0 Å². The van der Waals surface area contributed by atoms with Crippen LogP contribution in [0.4, 0.5) is 0 Å². The van der Waals surface area contributed by atoms with Crippen molar-refractivity contribution in [2.75, 3.05) is 0 Å². The van der Waals surface area contributed by atoms with E-state index in [1.807, 2.05) is 18.2 Å². The molecule has 4 heterocycles. The fraction of sp³-hybridized carbons (Fsp3) is 0. The van der Waals surface area contributed by atoms with E-state index in [0.29, 0.717) is 67.8 Å². The second kappa shape index (κ2) is 11.2. The molecule has 0 amide bonds. The Kier molecular flexibility index (Phi) is 6.63. The lowest BCUT2D eigenvalue weighted by Crippen LogP contribution is -1.76. The predicted molar refractivity (Wildman–Crippen MR) is 158 cm³/mol. The number of pyridine rings is 3. The summed E-state index contributed by atoms with van der Waals surface area (Å²) >= 11 is 0. The molecule has 9 nitrogen and oxygen atoms in total. The summed E-state index contributed by atoms with van der Waals surface area (Å²) in [6.07, 6.45) is 0. The van der Waals surface area contributed by atoms with Gasteiger partial charge in [0, 0.05) is 54.6 Å². The van der Waals surface area contributed by atoms with Gasteiger partial charge in [-0.1, -0.05) is 36.4 Å². The number of hydrogen-bond donors (Lipinski definition) is 0. The van der Waals surface area contributed by atoms with Crippen LogP contribution in [-0.4, -0.2) is 15.0 Å². The Bertz CT molecular complexity index is 1790. The third kappa shape index (κ3) is 6.05. The summed E-state index contributed by atoms with van der Waals surface area (Å²) in [6, 6.07) is 37.3. The van der Waals surface area contributed by atoms with Crippen molar-refractivity contribution in [3.8, 4) is 0 Å². The molecule has 0 atom stereocenters. The predicted octanol–water partition coefficient (Wildman–Crippen LogP) is 9.41. The highest BCUT2D eigenvalue weighted by Crippen LogP contribution is 2.15. The highest BCUT2D eigenvalue weighted by molar-refractivity contribution is 5.61. The first-order chi connectivity index (χ1) is 20.7. The van der Waals surface area contributed by atoms with E-state index in [4.69, 9.17) is 26.5 Å². The minimum atomic E-state index is 0.350. The van der Waals surface area contributed by atoms with Gasteiger partial charge in [-0.25, -0.2) is 0 Å². The zero-order valence-electron chi connectivity index (χ0n) is 21.9. The lowest BCUT2D eigenvalue weighted by atomic mass is 10.3. The van der Waals surface area contributed by atoms with Crippen LogP contribution in [0.5, 0.6) is 0 Å². The minimum Gasteiger partial charge on any atom is -0.439 e. The molecule has 7 aromatic rings. The van der Waals surface area contributed by atoms with Gasteiger partial charge in [0.15, 0.2) is 0 Å². The molecule has 0 aliphatic rings. The average molecular weight is 556 g/mol. The van der Waals surface area contributed by atoms with Crippen molar-refractivity contribution < 1.29 is 26.5 Å². The van der Waals surface area contributed by atoms with Crippen molar-refractivity contribution in [2.45, 2.75) is 0 Å². The van der Waals surface area contributed by atoms with Crippen molar-refractivity contribution in [3.05, 3.63) is 127 Å². The van der Waals surface area contributed by atoms with Crippen LogP contribution in [-0.2, 0) is 0 Å². The first-order valence-electron chi connectivity index (χ1n) is 13.0. The SMILES string of the molecule is c1cc2cc(c1)oc1cccc(n1)oc1cccc(c1)oc1cccc(n1)oc1cccc(c1)oc1cccc(n1)o2. The molecule has 0 fully saturated rings. The number of rotatable bonds is 0. The maximum absolute atomic E-state index is 6.00. The van der Waals surface area contributed by atoms with Crippen molar-refractivity contribution in [3.63, 3.8) is 0 Å². The molecule has 0 spiro atoms. The Morgan fingerprint density at radius 2 is 0.452 bits per heavy atom. The highest BCUT2D eigenvalue weighted by atomic mass is 16.4. The topological polar surface area (TPSA) is 118 Å². The average Bonchev–Trinajstić information content (AvgIpc) is 2.98. The van der Waals surface area contributed by atoms with Gasteiger partial charge in [-0.2, -0.15) is 15.0 Å². The standard InChI is InChI=1S/C33H21N3O6/c1-7-22-19-23(8-1)38-29-14-5-16-31(35-29)40-25-10-3-12-27(21-25)42-33-18-6-17-32(36-33)41-26-11-2-9-24(20-26)39-30-15-4-13-28(34-30)37-22/h1-21H. The van der Waals surface area contributed by atoms with E-state index in [0.717, 1.165) is 0 Å². The Hall–Kier alpha value is -6.09. The van der Waals surface area contributed by atoms with Gasteiger partial charge in [0.05, 0.1) is 0 Å². The lowest BCUT2D eigenvalue weighted by Gasteiger charge is -1.95. The highest BCUT2D eigenvalue weighted by Gasteiger charge is 1.97. The summed E-state index contributed by atoms with van der Waals surface area (Å²) in [5.41, 5.74) is 5.27. The zero-order chi connectivity index (χ0) is 28.1. The van der Waals surface area contributed by atoms with Gasteiger partial charge in [0.1, 0.15) is 33.5 Å². The summed E-state index contributed by atoms with van der Waals surface area (Å²) in [5.74, 6) is 0. The third-order valence-corrected chi connectivity index (χ3v) is 5.84. The summed E-state index contributed by atoms with van der Waals surface area (Å²) in [7, 11) is 0. The van der Waals surface area contributed by atoms with Gasteiger partial charge in [-0.05, 0) is 36.4 Å². The van der Waals surface area contributed by atoms with Gasteiger partial charge >= 0.3 is 0 Å². The Labute approximate surface area is 236 Å². The van der Waals surface area contributed by atoms with Crippen LogP contribution in [0.15, 0.2) is 154 Å². The molecule has 0 N–H and O–H groups in total. The van der Waals surface area contributed by atoms with Crippen LogP contribution in [0.3, 0.4) is 0 Å². The van der Waals surface area contributed by atoms with Crippen molar-refractivity contribution in [1.82, 2.24) is 15.0 Å². The maximum Gasteiger partial charge on any atom is 0.222 e. The van der Waals surface area contributed by atoms with E-state index < -0.39 is 0 Å². The number of benzene rings is 3. The lowest BCUT2D eigenvalue weighted by molar-refractivity contribution is 0.604. The zero-order valence-corrected chi connectivity index (χ0v) is 21.9. The molecule has 0 saturated carbocycles. The van der Waals surface area contributed by atoms with E-state index in [1.54, 1.807) is 109 Å². The van der Waals surface area contributed by atoms with E-state index in [9.17, 15) is 0 Å². The Balaban J connectivity index is 1.53. The molecule has 204 valence electrons. The first-order valence-corrected chi connectivity index (χ1v) is 13.0. The summed E-state index contributed by atoms with van der Waals surface area (Å²) in [6.45, 7) is 0. The fourth-order valence-corrected chi connectivity index (χ4v) is 4.06. The van der Waals surface area contributed by atoms with Crippen LogP contribution < -0.4 is 0 Å². The van der Waals surface area contributed by atoms with Gasteiger partial charge in [0.25, 0.3) is 0 Å². The first kappa shape index (κ1) is 24.9. The molecule has 9 heteroatoms. The molecule has 0 radical (unpaired) electrons. The Morgan fingerprint density at radius 3 is 0.667 bits per heavy atom. The van der Waals surface area contributed by atoms with E-state index >= 15 is 0 Å². The third-order valence-electron chi connectivity index (χ3n) is 5.84. The second-order valence-corrected chi connectivity index (χ2v) is 8.98. The molecule has 42 heavy (non-hydrogen) atoms. The van der Waals surface area contributed by atoms with Crippen LogP contribution in [0.2, 0.25) is 0 Å². The largest absolute Gasteiger partial charge is 0.439 e. The summed E-state index contributed by atoms with van der Waals surface area (Å²) in [4.78, 5) is 13.4. The van der Waals surface area contributed by atoms with Crippen molar-refractivity contribution in [2.24, 2.45) is 0 Å². The van der Waals surface area contributed by atoms with Crippen LogP contribution in [0, 0.1) is 0 Å². The monoisotopic (exact) mass is 555 g/mol. The fourth-order valence-electron chi connectivity index (χ4n) is 4.06. The second-order valence-electron chi connectivity index (χ2n) is 8.98. The van der Waals surface area contributed by atoms with Crippen LogP contribution >= 0.6 is 0 Å². The van der Waals surface area contributed by atoms with Gasteiger partial charge < -0.3 is 26.5 Å².